The molecule has 0 atom stereocenters. The monoisotopic (exact) mass is 432 g/mol. The number of aromatic nitrogens is 1. The Labute approximate surface area is 174 Å². The fraction of sp³-hybridized carbons (Fsp3) is 0.333. The molecule has 0 bridgehead atoms. The zero-order valence-corrected chi connectivity index (χ0v) is 18.1. The zero-order valence-electron chi connectivity index (χ0n) is 16.5. The lowest BCUT2D eigenvalue weighted by Gasteiger charge is -2.05. The third kappa shape index (κ3) is 5.13. The third-order valence-electron chi connectivity index (χ3n) is 4.32. The van der Waals surface area contributed by atoms with Crippen LogP contribution in [0.4, 0.5) is 0 Å². The van der Waals surface area contributed by atoms with Crippen molar-refractivity contribution in [3.8, 4) is 5.75 Å². The van der Waals surface area contributed by atoms with Crippen molar-refractivity contribution in [2.45, 2.75) is 38.1 Å². The molecule has 0 unspecified atom stereocenters. The molecule has 6 nitrogen and oxygen atoms in total. The predicted molar refractivity (Wildman–Crippen MR) is 115 cm³/mol. The lowest BCUT2D eigenvalue weighted by Crippen LogP contribution is -2.18. The number of aryl methyl sites for hydroxylation is 1. The summed E-state index contributed by atoms with van der Waals surface area (Å²) in [4.78, 5) is 17.5. The first-order chi connectivity index (χ1) is 13.9. The van der Waals surface area contributed by atoms with Crippen LogP contribution in [0.5, 0.6) is 5.75 Å². The Morgan fingerprint density at radius 2 is 1.90 bits per heavy atom. The minimum atomic E-state index is -3.51. The molecule has 0 fully saturated rings. The van der Waals surface area contributed by atoms with Crippen molar-refractivity contribution in [1.29, 1.82) is 0 Å². The Hall–Kier alpha value is -2.45. The van der Waals surface area contributed by atoms with E-state index < -0.39 is 15.7 Å². The van der Waals surface area contributed by atoms with E-state index in [4.69, 9.17) is 4.74 Å². The topological polar surface area (TPSA) is 77.7 Å². The number of nitrogens with zero attached hydrogens (tertiary/aromatic N) is 2. The van der Waals surface area contributed by atoms with Gasteiger partial charge in [-0.2, -0.15) is 4.99 Å². The highest BCUT2D eigenvalue weighted by Gasteiger charge is 2.16. The Morgan fingerprint density at radius 3 is 2.59 bits per heavy atom. The number of ether oxygens (including phenoxy) is 1. The van der Waals surface area contributed by atoms with Crippen molar-refractivity contribution < 1.29 is 17.9 Å². The average molecular weight is 433 g/mol. The average Bonchev–Trinajstić information content (AvgIpc) is 3.04. The lowest BCUT2D eigenvalue weighted by atomic mass is 10.3. The van der Waals surface area contributed by atoms with Crippen LogP contribution in [-0.4, -0.2) is 31.3 Å². The lowest BCUT2D eigenvalue weighted by molar-refractivity contribution is -0.117. The number of fused-ring (bicyclic) bond motifs is 1. The Morgan fingerprint density at radius 1 is 1.14 bits per heavy atom. The van der Waals surface area contributed by atoms with Crippen LogP contribution in [0.1, 0.15) is 26.7 Å². The number of hydrogen-bond donors (Lipinski definition) is 0. The number of sulfone groups is 1. The molecule has 0 saturated heterocycles. The van der Waals surface area contributed by atoms with Crippen molar-refractivity contribution in [2.24, 2.45) is 4.99 Å². The van der Waals surface area contributed by atoms with Gasteiger partial charge in [0.05, 0.1) is 27.5 Å². The Bertz CT molecular complexity index is 1160. The van der Waals surface area contributed by atoms with Crippen LogP contribution in [-0.2, 0) is 21.2 Å². The molecule has 1 heterocycles. The van der Waals surface area contributed by atoms with Crippen LogP contribution in [0.3, 0.4) is 0 Å². The molecule has 8 heteroatoms. The van der Waals surface area contributed by atoms with Gasteiger partial charge in [0, 0.05) is 13.0 Å². The normalized spacial score (nSPS) is 12.4. The third-order valence-corrected chi connectivity index (χ3v) is 7.09. The number of amides is 1. The molecule has 0 aliphatic heterocycles. The van der Waals surface area contributed by atoms with Gasteiger partial charge in [-0.1, -0.05) is 36.5 Å². The Balaban J connectivity index is 1.86. The van der Waals surface area contributed by atoms with Gasteiger partial charge in [-0.25, -0.2) is 8.42 Å². The molecule has 3 aromatic rings. The predicted octanol–water partition coefficient (Wildman–Crippen LogP) is 3.80. The summed E-state index contributed by atoms with van der Waals surface area (Å²) in [7, 11) is -3.51. The SMILES string of the molecule is CCCn1c(=NC(=O)CCS(=O)(=O)c2ccccc2)sc2cc(OCC)ccc21. The Kier molecular flexibility index (Phi) is 6.87. The summed E-state index contributed by atoms with van der Waals surface area (Å²) in [5, 5.41) is 0. The summed E-state index contributed by atoms with van der Waals surface area (Å²) >= 11 is 1.41. The smallest absolute Gasteiger partial charge is 0.249 e. The molecule has 0 radical (unpaired) electrons. The molecular weight excluding hydrogens is 408 g/mol. The maximum absolute atomic E-state index is 12.4. The van der Waals surface area contributed by atoms with E-state index in [2.05, 4.69) is 11.9 Å². The van der Waals surface area contributed by atoms with Crippen LogP contribution < -0.4 is 9.54 Å². The second kappa shape index (κ2) is 9.37. The summed E-state index contributed by atoms with van der Waals surface area (Å²) in [6.45, 7) is 5.29. The van der Waals surface area contributed by atoms with Crippen molar-refractivity contribution in [3.05, 3.63) is 53.3 Å². The summed E-state index contributed by atoms with van der Waals surface area (Å²) in [6, 6.07) is 14.0. The van der Waals surface area contributed by atoms with E-state index in [-0.39, 0.29) is 17.1 Å². The zero-order chi connectivity index (χ0) is 20.9. The summed E-state index contributed by atoms with van der Waals surface area (Å²) in [6.07, 6.45) is 0.741. The van der Waals surface area contributed by atoms with Crippen LogP contribution >= 0.6 is 11.3 Å². The minimum absolute atomic E-state index is 0.151. The highest BCUT2D eigenvalue weighted by Crippen LogP contribution is 2.23. The number of carbonyl (C=O) groups is 1. The molecule has 0 aliphatic rings. The van der Waals surface area contributed by atoms with Crippen LogP contribution in [0.25, 0.3) is 10.2 Å². The van der Waals surface area contributed by atoms with Crippen LogP contribution in [0, 0.1) is 0 Å². The molecule has 1 amide bonds. The number of thiazole rings is 1. The van der Waals surface area contributed by atoms with E-state index in [1.807, 2.05) is 29.7 Å². The van der Waals surface area contributed by atoms with Gasteiger partial charge in [-0.15, -0.1) is 0 Å². The van der Waals surface area contributed by atoms with Crippen molar-refractivity contribution >= 4 is 37.3 Å². The number of rotatable bonds is 8. The van der Waals surface area contributed by atoms with Crippen LogP contribution in [0.2, 0.25) is 0 Å². The molecule has 1 aromatic heterocycles. The fourth-order valence-electron chi connectivity index (χ4n) is 2.96. The summed E-state index contributed by atoms with van der Waals surface area (Å²) < 4.78 is 33.3. The molecule has 0 aliphatic carbocycles. The second-order valence-corrected chi connectivity index (χ2v) is 9.60. The van der Waals surface area contributed by atoms with Gasteiger partial charge >= 0.3 is 0 Å². The number of hydrogen-bond acceptors (Lipinski definition) is 5. The van der Waals surface area contributed by atoms with E-state index >= 15 is 0 Å². The van der Waals surface area contributed by atoms with Crippen LogP contribution in [0.15, 0.2) is 58.4 Å². The molecule has 0 spiro atoms. The standard InChI is InChI=1S/C21H24N2O4S2/c1-3-13-23-18-11-10-16(27-4-2)15-19(18)28-21(23)22-20(24)12-14-29(25,26)17-8-6-5-7-9-17/h5-11,15H,3-4,12-14H2,1-2H3. The minimum Gasteiger partial charge on any atom is -0.494 e. The van der Waals surface area contributed by atoms with Crippen molar-refractivity contribution in [3.63, 3.8) is 0 Å². The van der Waals surface area contributed by atoms with E-state index in [1.165, 1.54) is 23.5 Å². The second-order valence-electron chi connectivity index (χ2n) is 6.49. The van der Waals surface area contributed by atoms with Crippen molar-refractivity contribution in [2.75, 3.05) is 12.4 Å². The molecular formula is C21H24N2O4S2. The van der Waals surface area contributed by atoms with E-state index in [0.29, 0.717) is 11.4 Å². The van der Waals surface area contributed by atoms with Gasteiger partial charge < -0.3 is 9.30 Å². The quantitative estimate of drug-likeness (QED) is 0.542. The summed E-state index contributed by atoms with van der Waals surface area (Å²) in [5.74, 6) is 0.0784. The maximum atomic E-state index is 12.4. The first-order valence-corrected chi connectivity index (χ1v) is 12.0. The molecule has 2 aromatic carbocycles. The first kappa shape index (κ1) is 21.3. The maximum Gasteiger partial charge on any atom is 0.249 e. The van der Waals surface area contributed by atoms with Gasteiger partial charge in [0.15, 0.2) is 14.6 Å². The molecule has 29 heavy (non-hydrogen) atoms. The highest BCUT2D eigenvalue weighted by molar-refractivity contribution is 7.91. The fourth-order valence-corrected chi connectivity index (χ4v) is 5.32. The molecule has 0 saturated carbocycles. The van der Waals surface area contributed by atoms with Gasteiger partial charge in [0.1, 0.15) is 5.75 Å². The molecule has 154 valence electrons. The van der Waals surface area contributed by atoms with E-state index in [1.54, 1.807) is 18.2 Å². The van der Waals surface area contributed by atoms with Crippen molar-refractivity contribution in [1.82, 2.24) is 4.57 Å². The van der Waals surface area contributed by atoms with Gasteiger partial charge in [0.2, 0.25) is 5.91 Å². The van der Waals surface area contributed by atoms with E-state index in [0.717, 1.165) is 28.9 Å². The largest absolute Gasteiger partial charge is 0.494 e. The van der Waals surface area contributed by atoms with Gasteiger partial charge in [0.25, 0.3) is 0 Å². The molecule has 0 N–H and O–H groups in total. The van der Waals surface area contributed by atoms with E-state index in [9.17, 15) is 13.2 Å². The number of carbonyl (C=O) groups excluding carboxylic acids is 1. The van der Waals surface area contributed by atoms with Gasteiger partial charge in [-0.05, 0) is 43.7 Å². The summed E-state index contributed by atoms with van der Waals surface area (Å²) in [5.41, 5.74) is 0.990. The first-order valence-electron chi connectivity index (χ1n) is 9.56. The van der Waals surface area contributed by atoms with Gasteiger partial charge in [-0.3, -0.25) is 4.79 Å². The number of benzene rings is 2. The molecule has 3 rings (SSSR count). The highest BCUT2D eigenvalue weighted by atomic mass is 32.2.